The third kappa shape index (κ3) is 5.20. The van der Waals surface area contributed by atoms with Crippen LogP contribution in [-0.4, -0.2) is 43.4 Å². The smallest absolute Gasteiger partial charge is 0.295 e. The van der Waals surface area contributed by atoms with Crippen LogP contribution >= 0.6 is 23.2 Å². The van der Waals surface area contributed by atoms with Crippen molar-refractivity contribution in [2.75, 3.05) is 18.4 Å². The number of nitrogens with zero attached hydrogens (tertiary/aromatic N) is 5. The molecule has 11 heteroatoms. The minimum Gasteiger partial charge on any atom is -0.338 e. The molecular weight excluding hydrogens is 515 g/mol. The van der Waals surface area contributed by atoms with Crippen LogP contribution in [0.25, 0.3) is 17.1 Å². The first-order valence-electron chi connectivity index (χ1n) is 12.0. The number of para-hydroxylation sites is 1. The maximum atomic E-state index is 13.1. The van der Waals surface area contributed by atoms with E-state index in [0.29, 0.717) is 71.2 Å². The molecular formula is C26H26Cl2N6O3. The largest absolute Gasteiger partial charge is 0.338 e. The van der Waals surface area contributed by atoms with Crippen LogP contribution in [0.3, 0.4) is 0 Å². The van der Waals surface area contributed by atoms with Gasteiger partial charge in [-0.25, -0.2) is 4.68 Å². The maximum absolute atomic E-state index is 13.1. The highest BCUT2D eigenvalue weighted by Gasteiger charge is 2.28. The van der Waals surface area contributed by atoms with E-state index in [9.17, 15) is 9.59 Å². The van der Waals surface area contributed by atoms with Crippen molar-refractivity contribution in [3.8, 4) is 17.1 Å². The van der Waals surface area contributed by atoms with Crippen LogP contribution < -0.4 is 10.9 Å². The van der Waals surface area contributed by atoms with Gasteiger partial charge in [-0.15, -0.1) is 0 Å². The second-order valence-electron chi connectivity index (χ2n) is 9.11. The number of hydrogen-bond acceptors (Lipinski definition) is 6. The Morgan fingerprint density at radius 1 is 1.14 bits per heavy atom. The lowest BCUT2D eigenvalue weighted by Gasteiger charge is -2.30. The summed E-state index contributed by atoms with van der Waals surface area (Å²) in [6, 6.07) is 14.5. The van der Waals surface area contributed by atoms with E-state index in [1.54, 1.807) is 27.6 Å². The molecule has 1 aliphatic rings. The number of nitrogens with one attached hydrogen (secondary N) is 1. The summed E-state index contributed by atoms with van der Waals surface area (Å²) in [6.45, 7) is 3.69. The third-order valence-electron chi connectivity index (χ3n) is 6.76. The molecule has 2 aromatic carbocycles. The molecule has 1 saturated heterocycles. The molecule has 0 spiro atoms. The third-order valence-corrected chi connectivity index (χ3v) is 7.31. The van der Waals surface area contributed by atoms with Gasteiger partial charge in [-0.1, -0.05) is 46.6 Å². The zero-order valence-corrected chi connectivity index (χ0v) is 22.0. The number of aromatic nitrogens is 4. The molecule has 0 radical (unpaired) electrons. The number of piperidine rings is 1. The first kappa shape index (κ1) is 25.3. The van der Waals surface area contributed by atoms with E-state index < -0.39 is 0 Å². The van der Waals surface area contributed by atoms with Gasteiger partial charge in [0.25, 0.3) is 5.56 Å². The molecule has 0 atom stereocenters. The molecule has 192 valence electrons. The van der Waals surface area contributed by atoms with Gasteiger partial charge >= 0.3 is 0 Å². The maximum Gasteiger partial charge on any atom is 0.295 e. The first-order chi connectivity index (χ1) is 17.8. The van der Waals surface area contributed by atoms with Crippen LogP contribution in [0.5, 0.6) is 0 Å². The lowest BCUT2D eigenvalue weighted by atomic mass is 9.96. The molecule has 1 amide bonds. The lowest BCUT2D eigenvalue weighted by Crippen LogP contribution is -2.38. The van der Waals surface area contributed by atoms with E-state index in [4.69, 9.17) is 27.7 Å². The summed E-state index contributed by atoms with van der Waals surface area (Å²) in [7, 11) is 1.81. The average molecular weight is 541 g/mol. The normalized spacial score (nSPS) is 14.7. The van der Waals surface area contributed by atoms with Crippen LogP contribution in [0.4, 0.5) is 5.69 Å². The molecule has 0 unspecified atom stereocenters. The monoisotopic (exact) mass is 540 g/mol. The minimum absolute atomic E-state index is 0.136. The molecule has 5 rings (SSSR count). The Morgan fingerprint density at radius 2 is 1.86 bits per heavy atom. The Kier molecular flexibility index (Phi) is 7.19. The van der Waals surface area contributed by atoms with Gasteiger partial charge in [-0.05, 0) is 63.2 Å². The van der Waals surface area contributed by atoms with Gasteiger partial charge in [0.2, 0.25) is 17.6 Å². The van der Waals surface area contributed by atoms with Crippen molar-refractivity contribution >= 4 is 34.8 Å². The quantitative estimate of drug-likeness (QED) is 0.380. The zero-order chi connectivity index (χ0) is 26.1. The van der Waals surface area contributed by atoms with Crippen LogP contribution in [0.2, 0.25) is 10.0 Å². The number of anilines is 1. The van der Waals surface area contributed by atoms with Crippen LogP contribution in [0, 0.1) is 12.8 Å². The summed E-state index contributed by atoms with van der Waals surface area (Å²) in [4.78, 5) is 32.8. The summed E-state index contributed by atoms with van der Waals surface area (Å²) < 4.78 is 8.74. The van der Waals surface area contributed by atoms with E-state index in [1.807, 2.05) is 44.3 Å². The number of benzene rings is 2. The molecule has 9 nitrogen and oxygen atoms in total. The fourth-order valence-corrected chi connectivity index (χ4v) is 5.07. The summed E-state index contributed by atoms with van der Waals surface area (Å²) in [5.41, 5.74) is 2.17. The predicted molar refractivity (Wildman–Crippen MR) is 142 cm³/mol. The summed E-state index contributed by atoms with van der Waals surface area (Å²) in [5.74, 6) is 0.560. The van der Waals surface area contributed by atoms with E-state index in [2.05, 4.69) is 20.4 Å². The number of rotatable bonds is 6. The molecule has 0 aliphatic carbocycles. The number of amides is 1. The molecule has 3 heterocycles. The molecule has 1 N–H and O–H groups in total. The van der Waals surface area contributed by atoms with E-state index in [-0.39, 0.29) is 17.4 Å². The lowest BCUT2D eigenvalue weighted by molar-refractivity contribution is -0.121. The number of halogens is 2. The standard InChI is InChI=1S/C26H26Cl2N6O3/c1-16-23(26(36)34(32(16)2)19-6-4-3-5-7-19)30-25(35)17-10-12-33(13-11-17)15-22-29-24(31-37-22)20-9-8-18(27)14-21(20)28/h3-9,14,17H,10-13,15H2,1-2H3,(H,30,35). The molecule has 4 aromatic rings. The zero-order valence-electron chi connectivity index (χ0n) is 20.4. The van der Waals surface area contributed by atoms with E-state index in [0.717, 1.165) is 5.69 Å². The summed E-state index contributed by atoms with van der Waals surface area (Å²) in [6.07, 6.45) is 1.32. The fraction of sp³-hybridized carbons (Fsp3) is 0.308. The van der Waals surface area contributed by atoms with Crippen molar-refractivity contribution in [3.05, 3.63) is 80.5 Å². The SMILES string of the molecule is Cc1c(NC(=O)C2CCN(Cc3nc(-c4ccc(Cl)cc4Cl)no3)CC2)c(=O)n(-c2ccccc2)n1C. The molecule has 0 bridgehead atoms. The van der Waals surface area contributed by atoms with E-state index >= 15 is 0 Å². The van der Waals surface area contributed by atoms with Crippen LogP contribution in [-0.2, 0) is 18.4 Å². The van der Waals surface area contributed by atoms with Gasteiger partial charge in [-0.3, -0.25) is 19.2 Å². The van der Waals surface area contributed by atoms with Crippen LogP contribution in [0.15, 0.2) is 57.8 Å². The Balaban J connectivity index is 1.20. The second kappa shape index (κ2) is 10.5. The number of likely N-dealkylation sites (tertiary alicyclic amines) is 1. The number of hydrogen-bond donors (Lipinski definition) is 1. The van der Waals surface area contributed by atoms with Gasteiger partial charge in [-0.2, -0.15) is 4.98 Å². The molecule has 2 aromatic heterocycles. The number of carbonyl (C=O) groups excluding carboxylic acids is 1. The van der Waals surface area contributed by atoms with Gasteiger partial charge in [0.1, 0.15) is 5.69 Å². The van der Waals surface area contributed by atoms with Crippen molar-refractivity contribution in [1.29, 1.82) is 0 Å². The Hall–Kier alpha value is -3.40. The summed E-state index contributed by atoms with van der Waals surface area (Å²) >= 11 is 12.2. The highest BCUT2D eigenvalue weighted by atomic mass is 35.5. The van der Waals surface area contributed by atoms with Crippen molar-refractivity contribution in [3.63, 3.8) is 0 Å². The van der Waals surface area contributed by atoms with E-state index in [1.165, 1.54) is 0 Å². The topological polar surface area (TPSA) is 98.2 Å². The fourth-order valence-electron chi connectivity index (χ4n) is 4.58. The number of carbonyl (C=O) groups is 1. The first-order valence-corrected chi connectivity index (χ1v) is 12.7. The Bertz CT molecular complexity index is 1490. The molecule has 0 saturated carbocycles. The van der Waals surface area contributed by atoms with Gasteiger partial charge in [0, 0.05) is 23.6 Å². The average Bonchev–Trinajstić information content (AvgIpc) is 3.43. The van der Waals surface area contributed by atoms with Crippen molar-refractivity contribution < 1.29 is 9.32 Å². The summed E-state index contributed by atoms with van der Waals surface area (Å²) in [5, 5.41) is 7.93. The highest BCUT2D eigenvalue weighted by molar-refractivity contribution is 6.36. The van der Waals surface area contributed by atoms with Crippen molar-refractivity contribution in [2.45, 2.75) is 26.3 Å². The molecule has 1 fully saturated rings. The van der Waals surface area contributed by atoms with Crippen LogP contribution in [0.1, 0.15) is 24.4 Å². The Morgan fingerprint density at radius 3 is 2.57 bits per heavy atom. The Labute approximate surface area is 223 Å². The second-order valence-corrected chi connectivity index (χ2v) is 9.96. The van der Waals surface area contributed by atoms with Gasteiger partial charge in [0.15, 0.2) is 0 Å². The highest BCUT2D eigenvalue weighted by Crippen LogP contribution is 2.29. The van der Waals surface area contributed by atoms with Crippen molar-refractivity contribution in [2.24, 2.45) is 13.0 Å². The van der Waals surface area contributed by atoms with Gasteiger partial charge < -0.3 is 9.84 Å². The van der Waals surface area contributed by atoms with Crippen molar-refractivity contribution in [1.82, 2.24) is 24.4 Å². The molecule has 1 aliphatic heterocycles. The molecule has 37 heavy (non-hydrogen) atoms. The predicted octanol–water partition coefficient (Wildman–Crippen LogP) is 4.69. The minimum atomic E-state index is -0.245. The van der Waals surface area contributed by atoms with Gasteiger partial charge in [0.05, 0.1) is 22.9 Å².